The monoisotopic (exact) mass is 433 g/mol. The van der Waals surface area contributed by atoms with Crippen molar-refractivity contribution in [3.05, 3.63) is 17.5 Å². The van der Waals surface area contributed by atoms with Crippen LogP contribution in [-0.2, 0) is 14.8 Å². The van der Waals surface area contributed by atoms with E-state index in [1.54, 1.807) is 45.3 Å². The first-order valence-corrected chi connectivity index (χ1v) is 11.2. The van der Waals surface area contributed by atoms with E-state index >= 15 is 0 Å². The van der Waals surface area contributed by atoms with Gasteiger partial charge in [-0.3, -0.25) is 4.99 Å². The third-order valence-electron chi connectivity index (χ3n) is 3.23. The van der Waals surface area contributed by atoms with Crippen LogP contribution in [0.5, 0.6) is 0 Å². The quantitative estimate of drug-likeness (QED) is 0.280. The number of carbonyl (C=O) groups is 1. The number of hydrogen-bond acceptors (Lipinski definition) is 6. The summed E-state index contributed by atoms with van der Waals surface area (Å²) in [5.74, 6) is 0.495. The molecule has 4 N–H and O–H groups in total. The van der Waals surface area contributed by atoms with Gasteiger partial charge in [-0.2, -0.15) is 0 Å². The van der Waals surface area contributed by atoms with Crippen LogP contribution >= 0.6 is 11.3 Å². The van der Waals surface area contributed by atoms with Crippen LogP contribution in [0.2, 0.25) is 0 Å². The van der Waals surface area contributed by atoms with Gasteiger partial charge in [0, 0.05) is 26.7 Å². The Morgan fingerprint density at radius 3 is 2.39 bits per heavy atom. The van der Waals surface area contributed by atoms with E-state index in [1.807, 2.05) is 13.8 Å². The molecule has 0 saturated heterocycles. The summed E-state index contributed by atoms with van der Waals surface area (Å²) >= 11 is 1.17. The fourth-order valence-electron chi connectivity index (χ4n) is 2.00. The average molecular weight is 434 g/mol. The lowest BCUT2D eigenvalue weighted by Crippen LogP contribution is -2.54. The summed E-state index contributed by atoms with van der Waals surface area (Å²) < 4.78 is 32.1. The van der Waals surface area contributed by atoms with Crippen LogP contribution in [0.25, 0.3) is 0 Å². The van der Waals surface area contributed by atoms with E-state index in [2.05, 4.69) is 25.7 Å². The standard InChI is InChI=1S/C17H31N5O4S2/c1-16(2,3)26-15(23)22-17(4,5)12-20-14(18-6)19-9-10-21-28(24,25)13-8-7-11-27-13/h7-8,11,21H,9-10,12H2,1-6H3,(H,22,23)(H2,18,19,20). The molecule has 28 heavy (non-hydrogen) atoms. The second kappa shape index (κ2) is 10.1. The number of carbonyl (C=O) groups excluding carboxylic acids is 1. The van der Waals surface area contributed by atoms with E-state index in [0.717, 1.165) is 0 Å². The Balaban J connectivity index is 2.39. The third kappa shape index (κ3) is 9.38. The highest BCUT2D eigenvalue weighted by molar-refractivity contribution is 7.91. The van der Waals surface area contributed by atoms with E-state index in [9.17, 15) is 13.2 Å². The zero-order valence-corrected chi connectivity index (χ0v) is 18.9. The molecule has 0 aliphatic rings. The lowest BCUT2D eigenvalue weighted by Gasteiger charge is -2.29. The van der Waals surface area contributed by atoms with Gasteiger partial charge in [-0.15, -0.1) is 11.3 Å². The van der Waals surface area contributed by atoms with Crippen LogP contribution in [0.4, 0.5) is 4.79 Å². The molecule has 0 spiro atoms. The molecule has 1 amide bonds. The van der Waals surface area contributed by atoms with E-state index in [0.29, 0.717) is 19.0 Å². The summed E-state index contributed by atoms with van der Waals surface area (Å²) in [4.78, 5) is 16.0. The van der Waals surface area contributed by atoms with Crippen LogP contribution in [0.1, 0.15) is 34.6 Å². The zero-order chi connectivity index (χ0) is 21.4. The largest absolute Gasteiger partial charge is 0.444 e. The smallest absolute Gasteiger partial charge is 0.408 e. The summed E-state index contributed by atoms with van der Waals surface area (Å²) in [5.41, 5.74) is -1.15. The van der Waals surface area contributed by atoms with Gasteiger partial charge in [0.2, 0.25) is 10.0 Å². The molecule has 1 rings (SSSR count). The number of thiophene rings is 1. The van der Waals surface area contributed by atoms with Gasteiger partial charge >= 0.3 is 6.09 Å². The first-order valence-electron chi connectivity index (χ1n) is 8.83. The number of sulfonamides is 1. The number of nitrogens with one attached hydrogen (secondary N) is 4. The third-order valence-corrected chi connectivity index (χ3v) is 6.09. The molecule has 0 aliphatic heterocycles. The summed E-state index contributed by atoms with van der Waals surface area (Å²) in [7, 11) is -1.87. The van der Waals surface area contributed by atoms with Crippen molar-refractivity contribution in [3.63, 3.8) is 0 Å². The summed E-state index contributed by atoms with van der Waals surface area (Å²) in [6, 6.07) is 3.25. The van der Waals surface area contributed by atoms with E-state index in [1.165, 1.54) is 11.3 Å². The Bertz CT molecular complexity index is 753. The topological polar surface area (TPSA) is 121 Å². The molecule has 11 heteroatoms. The van der Waals surface area contributed by atoms with Gasteiger partial charge in [0.25, 0.3) is 0 Å². The Morgan fingerprint density at radius 1 is 1.18 bits per heavy atom. The lowest BCUT2D eigenvalue weighted by molar-refractivity contribution is 0.0474. The highest BCUT2D eigenvalue weighted by Crippen LogP contribution is 2.14. The minimum Gasteiger partial charge on any atom is -0.444 e. The van der Waals surface area contributed by atoms with Crippen LogP contribution < -0.4 is 20.7 Å². The van der Waals surface area contributed by atoms with E-state index in [4.69, 9.17) is 4.74 Å². The SMILES string of the molecule is CN=C(NCCNS(=O)(=O)c1cccs1)NCC(C)(C)NC(=O)OC(C)(C)C. The maximum Gasteiger partial charge on any atom is 0.408 e. The van der Waals surface area contributed by atoms with Gasteiger partial charge in [0.1, 0.15) is 9.81 Å². The fraction of sp³-hybridized carbons (Fsp3) is 0.647. The van der Waals surface area contributed by atoms with Crippen molar-refractivity contribution < 1.29 is 17.9 Å². The molecule has 0 saturated carbocycles. The average Bonchev–Trinajstić information content (AvgIpc) is 3.07. The lowest BCUT2D eigenvalue weighted by atomic mass is 10.1. The van der Waals surface area contributed by atoms with Crippen molar-refractivity contribution in [1.29, 1.82) is 0 Å². The second-order valence-electron chi connectivity index (χ2n) is 7.69. The fourth-order valence-corrected chi connectivity index (χ4v) is 4.07. The van der Waals surface area contributed by atoms with Gasteiger partial charge in [-0.05, 0) is 46.1 Å². The predicted molar refractivity (Wildman–Crippen MR) is 112 cm³/mol. The summed E-state index contributed by atoms with van der Waals surface area (Å²) in [5, 5.41) is 10.6. The normalized spacial score (nSPS) is 13.1. The number of amides is 1. The van der Waals surface area contributed by atoms with E-state index in [-0.39, 0.29) is 10.8 Å². The number of rotatable bonds is 8. The van der Waals surface area contributed by atoms with Crippen molar-refractivity contribution in [2.75, 3.05) is 26.7 Å². The molecule has 1 heterocycles. The molecule has 0 fully saturated rings. The van der Waals surface area contributed by atoms with Gasteiger partial charge in [0.05, 0.1) is 5.54 Å². The number of aliphatic imine (C=N–C) groups is 1. The molecule has 1 aromatic rings. The Morgan fingerprint density at radius 2 is 1.86 bits per heavy atom. The molecule has 0 unspecified atom stereocenters. The van der Waals surface area contributed by atoms with Gasteiger partial charge < -0.3 is 20.7 Å². The van der Waals surface area contributed by atoms with Crippen molar-refractivity contribution in [1.82, 2.24) is 20.7 Å². The van der Waals surface area contributed by atoms with Crippen LogP contribution in [0, 0.1) is 0 Å². The molecule has 9 nitrogen and oxygen atoms in total. The molecule has 0 atom stereocenters. The number of alkyl carbamates (subject to hydrolysis) is 1. The van der Waals surface area contributed by atoms with Gasteiger partial charge in [-0.1, -0.05) is 6.07 Å². The Hall–Kier alpha value is -1.85. The number of ether oxygens (including phenoxy) is 1. The molecule has 160 valence electrons. The Labute approximate surface area is 171 Å². The summed E-state index contributed by atoms with van der Waals surface area (Å²) in [6.07, 6.45) is -0.495. The highest BCUT2D eigenvalue weighted by atomic mass is 32.2. The highest BCUT2D eigenvalue weighted by Gasteiger charge is 2.24. The van der Waals surface area contributed by atoms with Gasteiger partial charge in [0.15, 0.2) is 5.96 Å². The number of hydrogen-bond donors (Lipinski definition) is 4. The molecule has 1 aromatic heterocycles. The summed E-state index contributed by atoms with van der Waals surface area (Å²) in [6.45, 7) is 10.1. The predicted octanol–water partition coefficient (Wildman–Crippen LogP) is 1.49. The molecule has 0 radical (unpaired) electrons. The van der Waals surface area contributed by atoms with Crippen LogP contribution in [-0.4, -0.2) is 58.3 Å². The van der Waals surface area contributed by atoms with Crippen molar-refractivity contribution in [3.8, 4) is 0 Å². The molecular formula is C17H31N5O4S2. The van der Waals surface area contributed by atoms with E-state index < -0.39 is 27.3 Å². The van der Waals surface area contributed by atoms with Crippen LogP contribution in [0.3, 0.4) is 0 Å². The number of guanidine groups is 1. The first kappa shape index (κ1) is 24.2. The minimum atomic E-state index is -3.48. The zero-order valence-electron chi connectivity index (χ0n) is 17.3. The molecule has 0 bridgehead atoms. The van der Waals surface area contributed by atoms with Crippen molar-refractivity contribution in [2.24, 2.45) is 4.99 Å². The number of nitrogens with zero attached hydrogens (tertiary/aromatic N) is 1. The maximum absolute atomic E-state index is 12.0. The second-order valence-corrected chi connectivity index (χ2v) is 10.6. The van der Waals surface area contributed by atoms with Crippen molar-refractivity contribution in [2.45, 2.75) is 50.0 Å². The van der Waals surface area contributed by atoms with Gasteiger partial charge in [-0.25, -0.2) is 17.9 Å². The Kier molecular flexibility index (Phi) is 8.71. The molecular weight excluding hydrogens is 402 g/mol. The van der Waals surface area contributed by atoms with Crippen LogP contribution in [0.15, 0.2) is 26.7 Å². The maximum atomic E-state index is 12.0. The first-order chi connectivity index (χ1) is 12.8. The van der Waals surface area contributed by atoms with Crippen molar-refractivity contribution >= 4 is 33.4 Å². The molecule has 0 aliphatic carbocycles. The molecule has 0 aromatic carbocycles. The minimum absolute atomic E-state index is 0.209.